The molecule has 0 bridgehead atoms. The molecule has 0 radical (unpaired) electrons. The lowest BCUT2D eigenvalue weighted by Gasteiger charge is -2.02. The van der Waals surface area contributed by atoms with Crippen molar-refractivity contribution in [2.24, 2.45) is 0 Å². The Labute approximate surface area is 62.0 Å². The van der Waals surface area contributed by atoms with Gasteiger partial charge in [0.2, 0.25) is 5.95 Å². The molecule has 1 aromatic rings. The fraction of sp³-hybridized carbons (Fsp3) is 0.167. The summed E-state index contributed by atoms with van der Waals surface area (Å²) in [5.74, 6) is -1.59. The van der Waals surface area contributed by atoms with Crippen molar-refractivity contribution in [3.8, 4) is 0 Å². The lowest BCUT2D eigenvalue weighted by Crippen LogP contribution is -1.99. The molecule has 0 spiro atoms. The number of nitrogens with zero attached hydrogens (tertiary/aromatic N) is 1. The van der Waals surface area contributed by atoms with Crippen molar-refractivity contribution < 1.29 is 13.6 Å². The summed E-state index contributed by atoms with van der Waals surface area (Å²) in [5, 5.41) is 0. The smallest absolute Gasteiger partial charge is 0.215 e. The van der Waals surface area contributed by atoms with Gasteiger partial charge in [0, 0.05) is 6.07 Å². The highest BCUT2D eigenvalue weighted by Crippen LogP contribution is 2.11. The molecule has 0 aliphatic rings. The van der Waals surface area contributed by atoms with E-state index in [9.17, 15) is 8.78 Å². The maximum atomic E-state index is 12.6. The highest BCUT2D eigenvalue weighted by Gasteiger charge is 2.02. The summed E-state index contributed by atoms with van der Waals surface area (Å²) in [5.41, 5.74) is 2.21. The molecule has 1 aromatic heterocycles. The maximum absolute atomic E-state index is 12.6. The zero-order chi connectivity index (χ0) is 8.27. The van der Waals surface area contributed by atoms with E-state index in [-0.39, 0.29) is 5.69 Å². The van der Waals surface area contributed by atoms with E-state index in [0.717, 1.165) is 6.20 Å². The molecule has 1 N–H and O–H groups in total. The average molecular weight is 160 g/mol. The first-order valence-corrected chi connectivity index (χ1v) is 2.84. The molecule has 60 valence electrons. The molecular formula is C6H6F2N2O. The lowest BCUT2D eigenvalue weighted by molar-refractivity contribution is 0.268. The molecule has 0 saturated carbocycles. The zero-order valence-corrected chi connectivity index (χ0v) is 5.77. The third kappa shape index (κ3) is 1.84. The predicted octanol–water partition coefficient (Wildman–Crippen LogP) is 1.33. The van der Waals surface area contributed by atoms with Crippen LogP contribution in [0.3, 0.4) is 0 Å². The summed E-state index contributed by atoms with van der Waals surface area (Å²) in [6.07, 6.45) is 1.01. The maximum Gasteiger partial charge on any atom is 0.215 e. The Morgan fingerprint density at radius 2 is 2.27 bits per heavy atom. The normalized spacial score (nSPS) is 9.73. The van der Waals surface area contributed by atoms with Gasteiger partial charge in [-0.15, -0.1) is 0 Å². The molecule has 0 amide bonds. The molecule has 1 rings (SSSR count). The summed E-state index contributed by atoms with van der Waals surface area (Å²) >= 11 is 0. The van der Waals surface area contributed by atoms with Gasteiger partial charge in [0.1, 0.15) is 5.69 Å². The third-order valence-corrected chi connectivity index (χ3v) is 1.03. The fourth-order valence-corrected chi connectivity index (χ4v) is 0.593. The second-order valence-corrected chi connectivity index (χ2v) is 1.79. The Morgan fingerprint density at radius 3 is 2.82 bits per heavy atom. The minimum atomic E-state index is -0.857. The number of pyridine rings is 1. The first-order valence-electron chi connectivity index (χ1n) is 2.84. The van der Waals surface area contributed by atoms with Gasteiger partial charge in [0.15, 0.2) is 5.82 Å². The predicted molar refractivity (Wildman–Crippen MR) is 34.8 cm³/mol. The van der Waals surface area contributed by atoms with E-state index < -0.39 is 11.8 Å². The molecule has 1 heterocycles. The van der Waals surface area contributed by atoms with Gasteiger partial charge >= 0.3 is 0 Å². The molecule has 0 atom stereocenters. The molecule has 0 aliphatic heterocycles. The van der Waals surface area contributed by atoms with Gasteiger partial charge in [-0.3, -0.25) is 10.3 Å². The van der Waals surface area contributed by atoms with Crippen LogP contribution in [-0.4, -0.2) is 12.1 Å². The number of anilines is 1. The summed E-state index contributed by atoms with van der Waals surface area (Å²) in [6, 6.07) is 0.668. The Kier molecular flexibility index (Phi) is 2.32. The van der Waals surface area contributed by atoms with Gasteiger partial charge in [-0.1, -0.05) is 0 Å². The molecule has 3 nitrogen and oxygen atoms in total. The van der Waals surface area contributed by atoms with E-state index in [1.165, 1.54) is 7.11 Å². The van der Waals surface area contributed by atoms with Gasteiger partial charge in [0.25, 0.3) is 0 Å². The number of nitrogens with one attached hydrogen (secondary N) is 1. The van der Waals surface area contributed by atoms with Crippen molar-refractivity contribution in [2.45, 2.75) is 0 Å². The highest BCUT2D eigenvalue weighted by atomic mass is 19.1. The molecular weight excluding hydrogens is 154 g/mol. The highest BCUT2D eigenvalue weighted by molar-refractivity contribution is 5.39. The third-order valence-electron chi connectivity index (χ3n) is 1.03. The Bertz CT molecular complexity index is 254. The topological polar surface area (TPSA) is 34.1 Å². The van der Waals surface area contributed by atoms with Gasteiger partial charge in [-0.05, 0) is 0 Å². The summed E-state index contributed by atoms with van der Waals surface area (Å²) in [4.78, 5) is 7.61. The van der Waals surface area contributed by atoms with Crippen LogP contribution in [0.4, 0.5) is 14.5 Å². The van der Waals surface area contributed by atoms with Gasteiger partial charge in [-0.2, -0.15) is 4.39 Å². The summed E-state index contributed by atoms with van der Waals surface area (Å²) < 4.78 is 24.8. The van der Waals surface area contributed by atoms with Gasteiger partial charge < -0.3 is 0 Å². The summed E-state index contributed by atoms with van der Waals surface area (Å²) in [7, 11) is 1.32. The van der Waals surface area contributed by atoms with E-state index >= 15 is 0 Å². The zero-order valence-electron chi connectivity index (χ0n) is 5.77. The van der Waals surface area contributed by atoms with Crippen molar-refractivity contribution in [3.63, 3.8) is 0 Å². The van der Waals surface area contributed by atoms with Crippen LogP contribution in [0.1, 0.15) is 0 Å². The van der Waals surface area contributed by atoms with Crippen LogP contribution in [0.2, 0.25) is 0 Å². The van der Waals surface area contributed by atoms with E-state index in [4.69, 9.17) is 0 Å². The SMILES string of the molecule is CONc1cnc(F)cc1F. The molecule has 5 heteroatoms. The Balaban J connectivity index is 2.90. The quantitative estimate of drug-likeness (QED) is 0.523. The lowest BCUT2D eigenvalue weighted by atomic mass is 10.4. The Hall–Kier alpha value is -1.23. The van der Waals surface area contributed by atoms with Crippen molar-refractivity contribution in [3.05, 3.63) is 24.0 Å². The minimum absolute atomic E-state index is 0.00824. The van der Waals surface area contributed by atoms with Crippen molar-refractivity contribution >= 4 is 5.69 Å². The molecule has 11 heavy (non-hydrogen) atoms. The van der Waals surface area contributed by atoms with Crippen LogP contribution < -0.4 is 5.48 Å². The number of aromatic nitrogens is 1. The van der Waals surface area contributed by atoms with Crippen molar-refractivity contribution in [2.75, 3.05) is 12.6 Å². The largest absolute Gasteiger partial charge is 0.279 e. The number of hydrogen-bond donors (Lipinski definition) is 1. The number of hydrogen-bond acceptors (Lipinski definition) is 3. The van der Waals surface area contributed by atoms with E-state index in [1.807, 2.05) is 0 Å². The molecule has 0 fully saturated rings. The second-order valence-electron chi connectivity index (χ2n) is 1.79. The van der Waals surface area contributed by atoms with E-state index in [2.05, 4.69) is 15.3 Å². The van der Waals surface area contributed by atoms with Gasteiger partial charge in [-0.25, -0.2) is 9.37 Å². The van der Waals surface area contributed by atoms with Crippen molar-refractivity contribution in [1.29, 1.82) is 0 Å². The fourth-order valence-electron chi connectivity index (χ4n) is 0.593. The van der Waals surface area contributed by atoms with Crippen LogP contribution in [0, 0.1) is 11.8 Å². The monoisotopic (exact) mass is 160 g/mol. The minimum Gasteiger partial charge on any atom is -0.279 e. The van der Waals surface area contributed by atoms with E-state index in [1.54, 1.807) is 0 Å². The molecule has 0 aliphatic carbocycles. The number of halogens is 2. The van der Waals surface area contributed by atoms with Crippen LogP contribution in [0.25, 0.3) is 0 Å². The van der Waals surface area contributed by atoms with E-state index in [0.29, 0.717) is 6.07 Å². The average Bonchev–Trinajstić information content (AvgIpc) is 1.95. The first-order chi connectivity index (χ1) is 5.24. The van der Waals surface area contributed by atoms with Crippen molar-refractivity contribution in [1.82, 2.24) is 4.98 Å². The Morgan fingerprint density at radius 1 is 1.55 bits per heavy atom. The number of rotatable bonds is 2. The van der Waals surface area contributed by atoms with Crippen LogP contribution >= 0.6 is 0 Å². The molecule has 0 unspecified atom stereocenters. The van der Waals surface area contributed by atoms with Crippen LogP contribution in [0.5, 0.6) is 0 Å². The van der Waals surface area contributed by atoms with Crippen LogP contribution in [0.15, 0.2) is 12.3 Å². The van der Waals surface area contributed by atoms with Gasteiger partial charge in [0.05, 0.1) is 13.3 Å². The summed E-state index contributed by atoms with van der Waals surface area (Å²) in [6.45, 7) is 0. The molecule has 0 saturated heterocycles. The first kappa shape index (κ1) is 7.87. The molecule has 0 aromatic carbocycles. The second kappa shape index (κ2) is 3.25. The standard InChI is InChI=1S/C6H6F2N2O/c1-11-10-5-3-9-6(8)2-4(5)7/h2-3,10H,1H3. The van der Waals surface area contributed by atoms with Crippen LogP contribution in [-0.2, 0) is 4.84 Å².